The number of anilines is 6. The zero-order valence-corrected chi connectivity index (χ0v) is 37.0. The van der Waals surface area contributed by atoms with Gasteiger partial charge in [-0.15, -0.1) is 0 Å². The van der Waals surface area contributed by atoms with Crippen LogP contribution in [0.15, 0.2) is 164 Å². The van der Waals surface area contributed by atoms with Gasteiger partial charge in [0.2, 0.25) is 0 Å². The van der Waals surface area contributed by atoms with Gasteiger partial charge in [0.25, 0.3) is 6.71 Å². The Kier molecular flexibility index (Phi) is 7.39. The van der Waals surface area contributed by atoms with Gasteiger partial charge in [-0.1, -0.05) is 127 Å². The Balaban J connectivity index is 1.02. The minimum absolute atomic E-state index is 0.124. The van der Waals surface area contributed by atoms with Crippen molar-refractivity contribution in [2.75, 3.05) is 9.80 Å². The Morgan fingerprint density at radius 2 is 0.954 bits per heavy atom. The molecular formula is C62H47BN2. The molecule has 2 heterocycles. The molecule has 0 fully saturated rings. The van der Waals surface area contributed by atoms with Gasteiger partial charge in [-0.3, -0.25) is 0 Å². The molecule has 0 bridgehead atoms. The zero-order valence-electron chi connectivity index (χ0n) is 37.0. The van der Waals surface area contributed by atoms with Crippen molar-refractivity contribution in [1.82, 2.24) is 0 Å². The van der Waals surface area contributed by atoms with E-state index in [1.807, 2.05) is 0 Å². The molecule has 4 aliphatic carbocycles. The van der Waals surface area contributed by atoms with Gasteiger partial charge in [0.1, 0.15) is 0 Å². The average Bonchev–Trinajstić information content (AvgIpc) is 4.05. The first kappa shape index (κ1) is 36.3. The Hall–Kier alpha value is -7.10. The summed E-state index contributed by atoms with van der Waals surface area (Å²) in [6, 6.07) is 54.4. The van der Waals surface area contributed by atoms with Crippen LogP contribution in [0, 0.1) is 13.8 Å². The molecule has 2 unspecified atom stereocenters. The highest BCUT2D eigenvalue weighted by Gasteiger charge is 2.46. The van der Waals surface area contributed by atoms with E-state index in [-0.39, 0.29) is 6.71 Å². The van der Waals surface area contributed by atoms with E-state index >= 15 is 0 Å². The van der Waals surface area contributed by atoms with Gasteiger partial charge in [0.15, 0.2) is 0 Å². The van der Waals surface area contributed by atoms with Gasteiger partial charge in [-0.25, -0.2) is 0 Å². The van der Waals surface area contributed by atoms with E-state index in [1.54, 1.807) is 22.3 Å². The lowest BCUT2D eigenvalue weighted by Crippen LogP contribution is -2.62. The van der Waals surface area contributed by atoms with Gasteiger partial charge in [0, 0.05) is 46.0 Å². The molecule has 3 heteroatoms. The van der Waals surface area contributed by atoms with Gasteiger partial charge >= 0.3 is 0 Å². The number of hydrogen-bond donors (Lipinski definition) is 0. The topological polar surface area (TPSA) is 6.48 Å². The Morgan fingerprint density at radius 1 is 0.446 bits per heavy atom. The molecule has 0 saturated heterocycles. The lowest BCUT2D eigenvalue weighted by atomic mass is 9.33. The lowest BCUT2D eigenvalue weighted by molar-refractivity contribution is 0.720. The molecule has 308 valence electrons. The van der Waals surface area contributed by atoms with Crippen molar-refractivity contribution >= 4 is 89.5 Å². The predicted molar refractivity (Wildman–Crippen MR) is 276 cm³/mol. The van der Waals surface area contributed by atoms with E-state index in [9.17, 15) is 0 Å². The van der Waals surface area contributed by atoms with Crippen LogP contribution in [-0.2, 0) is 25.7 Å². The van der Waals surface area contributed by atoms with E-state index in [2.05, 4.69) is 187 Å². The number of rotatable bonds is 2. The van der Waals surface area contributed by atoms with Gasteiger partial charge < -0.3 is 9.80 Å². The molecule has 2 nitrogen and oxygen atoms in total. The van der Waals surface area contributed by atoms with Gasteiger partial charge in [0.05, 0.1) is 0 Å². The highest BCUT2D eigenvalue weighted by atomic mass is 15.2. The Labute approximate surface area is 381 Å². The maximum Gasteiger partial charge on any atom is 0.252 e. The van der Waals surface area contributed by atoms with E-state index in [0.29, 0.717) is 11.8 Å². The van der Waals surface area contributed by atoms with Crippen LogP contribution in [0.3, 0.4) is 0 Å². The monoisotopic (exact) mass is 830 g/mol. The molecule has 6 aliphatic rings. The van der Waals surface area contributed by atoms with Crippen molar-refractivity contribution in [2.24, 2.45) is 0 Å². The fourth-order valence-corrected chi connectivity index (χ4v) is 13.9. The summed E-state index contributed by atoms with van der Waals surface area (Å²) in [5.41, 5.74) is 27.0. The van der Waals surface area contributed by atoms with Crippen LogP contribution in [0.1, 0.15) is 69.2 Å². The van der Waals surface area contributed by atoms with Crippen LogP contribution in [0.2, 0.25) is 0 Å². The summed E-state index contributed by atoms with van der Waals surface area (Å²) in [5.74, 6) is 0.625. The third-order valence-electron chi connectivity index (χ3n) is 16.6. The minimum Gasteiger partial charge on any atom is -0.311 e. The van der Waals surface area contributed by atoms with E-state index in [1.165, 1.54) is 129 Å². The number of aryl methyl sites for hydroxylation is 2. The standard InChI is InChI=1S/C62H47BN2/c1-36-42-24-11-14-38(42)32-56-61(36)64(40-28-30-52-48-20-5-3-16-44(48)46-18-7-9-22-50(46)54(52)34-40)58-26-13-27-59-60(58)63(56)57-33-39-15-12-25-43(39)37(2)62(57)65(59)41-29-31-53-49-21-6-4-17-45(49)47-19-8-10-23-51(47)55(53)35-41/h3-10,13,16-23,26-35,46,50H,11-12,14-15,24-25H2,1-2H3. The Morgan fingerprint density at radius 3 is 1.58 bits per heavy atom. The largest absolute Gasteiger partial charge is 0.311 e. The first-order valence-electron chi connectivity index (χ1n) is 24.1. The third kappa shape index (κ3) is 4.81. The second-order valence-corrected chi connectivity index (χ2v) is 19.7. The van der Waals surface area contributed by atoms with Crippen molar-refractivity contribution < 1.29 is 0 Å². The molecule has 2 atom stereocenters. The molecule has 0 radical (unpaired) electrons. The normalized spacial score (nSPS) is 18.0. The second-order valence-electron chi connectivity index (χ2n) is 19.7. The van der Waals surface area contributed by atoms with Crippen LogP contribution >= 0.6 is 0 Å². The molecule has 0 aromatic heterocycles. The van der Waals surface area contributed by atoms with Gasteiger partial charge in [-0.2, -0.15) is 0 Å². The van der Waals surface area contributed by atoms with Crippen LogP contribution < -0.4 is 26.2 Å². The summed E-state index contributed by atoms with van der Waals surface area (Å²) >= 11 is 0. The lowest BCUT2D eigenvalue weighted by Gasteiger charge is -2.46. The summed E-state index contributed by atoms with van der Waals surface area (Å²) in [6.07, 6.45) is 16.5. The molecule has 9 aromatic carbocycles. The van der Waals surface area contributed by atoms with Crippen molar-refractivity contribution in [1.29, 1.82) is 0 Å². The van der Waals surface area contributed by atoms with E-state index in [4.69, 9.17) is 0 Å². The minimum atomic E-state index is 0.124. The van der Waals surface area contributed by atoms with Crippen molar-refractivity contribution in [3.63, 3.8) is 0 Å². The predicted octanol–water partition coefficient (Wildman–Crippen LogP) is 13.8. The maximum atomic E-state index is 2.69. The molecule has 65 heavy (non-hydrogen) atoms. The van der Waals surface area contributed by atoms with Crippen molar-refractivity contribution in [2.45, 2.75) is 64.2 Å². The summed E-state index contributed by atoms with van der Waals surface area (Å²) in [7, 11) is 0. The molecule has 9 aromatic rings. The second kappa shape index (κ2) is 13.2. The number of nitrogens with zero attached hydrogens (tertiary/aromatic N) is 2. The third-order valence-corrected chi connectivity index (χ3v) is 16.6. The van der Waals surface area contributed by atoms with Crippen LogP contribution in [0.4, 0.5) is 34.1 Å². The molecule has 2 aliphatic heterocycles. The molecule has 0 spiro atoms. The Bertz CT molecular complexity index is 3650. The fourth-order valence-electron chi connectivity index (χ4n) is 13.9. The number of benzene rings is 9. The summed E-state index contributed by atoms with van der Waals surface area (Å²) in [4.78, 5) is 5.37. The fraction of sp³-hybridized carbons (Fsp3) is 0.161. The number of hydrogen-bond acceptors (Lipinski definition) is 2. The molecule has 0 N–H and O–H groups in total. The van der Waals surface area contributed by atoms with E-state index in [0.717, 1.165) is 25.7 Å². The number of fused-ring (bicyclic) bond motifs is 18. The van der Waals surface area contributed by atoms with Crippen LogP contribution in [-0.4, -0.2) is 6.71 Å². The zero-order chi connectivity index (χ0) is 42.7. The quantitative estimate of drug-likeness (QED) is 0.126. The van der Waals surface area contributed by atoms with Crippen LogP contribution in [0.5, 0.6) is 0 Å². The molecule has 15 rings (SSSR count). The highest BCUT2D eigenvalue weighted by molar-refractivity contribution is 7.00. The smallest absolute Gasteiger partial charge is 0.252 e. The average molecular weight is 831 g/mol. The van der Waals surface area contributed by atoms with Crippen molar-refractivity contribution in [3.8, 4) is 11.1 Å². The number of allylic oxidation sites excluding steroid dienone is 4. The van der Waals surface area contributed by atoms with Crippen LogP contribution in [0.25, 0.3) is 43.4 Å². The summed E-state index contributed by atoms with van der Waals surface area (Å²) in [5, 5.41) is 7.87. The van der Waals surface area contributed by atoms with Gasteiger partial charge in [-0.05, 0) is 193 Å². The van der Waals surface area contributed by atoms with E-state index < -0.39 is 0 Å². The first-order valence-corrected chi connectivity index (χ1v) is 24.1. The molecule has 0 amide bonds. The van der Waals surface area contributed by atoms with Crippen molar-refractivity contribution in [3.05, 3.63) is 208 Å². The SMILES string of the molecule is Cc1c2c(cc3c1N(c1ccc4c(c1)C1C=CC=CC1c1ccccc1-4)c1cccc4c1B3c1cc3c(c(C)c1N4c1ccc4c5ccccc5c5ccccc5c4c1)CCC3)CCC2. The molecular weight excluding hydrogens is 784 g/mol. The molecule has 0 saturated carbocycles. The summed E-state index contributed by atoms with van der Waals surface area (Å²) < 4.78 is 0. The summed E-state index contributed by atoms with van der Waals surface area (Å²) in [6.45, 7) is 5.00. The first-order chi connectivity index (χ1) is 32.1. The highest BCUT2D eigenvalue weighted by Crippen LogP contribution is 2.53. The maximum absolute atomic E-state index is 2.69.